The number of amides is 1. The predicted molar refractivity (Wildman–Crippen MR) is 83.4 cm³/mol. The molecule has 19 heavy (non-hydrogen) atoms. The van der Waals surface area contributed by atoms with E-state index in [0.29, 0.717) is 5.15 Å². The standard InChI is InChI=1S/C13H9Br2ClN2O/c14-9-2-3-10(15)11(6-9)18-13(19)5-8-1-4-12(16)17-7-8/h1-4,6-7H,5H2,(H,18,19). The van der Waals surface area contributed by atoms with E-state index in [2.05, 4.69) is 42.2 Å². The van der Waals surface area contributed by atoms with Crippen molar-refractivity contribution in [3.05, 3.63) is 56.2 Å². The maximum atomic E-state index is 11.9. The molecule has 1 amide bonds. The fraction of sp³-hybridized carbons (Fsp3) is 0.0769. The van der Waals surface area contributed by atoms with E-state index >= 15 is 0 Å². The number of anilines is 1. The Balaban J connectivity index is 2.05. The Morgan fingerprint density at radius 1 is 1.26 bits per heavy atom. The number of benzene rings is 1. The first-order chi connectivity index (χ1) is 9.04. The second kappa shape index (κ2) is 6.50. The number of nitrogens with one attached hydrogen (secondary N) is 1. The third kappa shape index (κ3) is 4.30. The number of rotatable bonds is 3. The lowest BCUT2D eigenvalue weighted by Gasteiger charge is -2.08. The van der Waals surface area contributed by atoms with E-state index in [9.17, 15) is 4.79 Å². The minimum atomic E-state index is -0.108. The summed E-state index contributed by atoms with van der Waals surface area (Å²) in [6, 6.07) is 9.04. The predicted octanol–water partition coefficient (Wildman–Crippen LogP) is 4.44. The summed E-state index contributed by atoms with van der Waals surface area (Å²) in [5, 5.41) is 3.25. The SMILES string of the molecule is O=C(Cc1ccc(Cl)nc1)Nc1cc(Br)ccc1Br. The highest BCUT2D eigenvalue weighted by atomic mass is 79.9. The average Bonchev–Trinajstić information content (AvgIpc) is 2.37. The molecule has 1 N–H and O–H groups in total. The summed E-state index contributed by atoms with van der Waals surface area (Å²) in [7, 11) is 0. The topological polar surface area (TPSA) is 42.0 Å². The Morgan fingerprint density at radius 3 is 2.74 bits per heavy atom. The molecule has 0 radical (unpaired) electrons. The van der Waals surface area contributed by atoms with Gasteiger partial charge in [0.25, 0.3) is 0 Å². The summed E-state index contributed by atoms with van der Waals surface area (Å²) >= 11 is 12.4. The molecule has 0 aliphatic heterocycles. The van der Waals surface area contributed by atoms with E-state index in [4.69, 9.17) is 11.6 Å². The van der Waals surface area contributed by atoms with Gasteiger partial charge in [0.1, 0.15) is 5.15 Å². The van der Waals surface area contributed by atoms with Crippen molar-refractivity contribution >= 4 is 55.1 Å². The van der Waals surface area contributed by atoms with E-state index in [1.54, 1.807) is 18.3 Å². The van der Waals surface area contributed by atoms with Gasteiger partial charge in [-0.3, -0.25) is 4.79 Å². The fourth-order valence-corrected chi connectivity index (χ4v) is 2.30. The molecular weight excluding hydrogens is 395 g/mol. The second-order valence-electron chi connectivity index (χ2n) is 3.84. The van der Waals surface area contributed by atoms with E-state index in [0.717, 1.165) is 20.2 Å². The molecule has 0 fully saturated rings. The zero-order chi connectivity index (χ0) is 13.8. The van der Waals surface area contributed by atoms with Crippen LogP contribution in [-0.2, 0) is 11.2 Å². The Hall–Kier alpha value is -0.910. The summed E-state index contributed by atoms with van der Waals surface area (Å²) in [6.07, 6.45) is 1.85. The Bertz CT molecular complexity index is 602. The van der Waals surface area contributed by atoms with Crippen LogP contribution in [0.3, 0.4) is 0 Å². The van der Waals surface area contributed by atoms with Crippen LogP contribution in [0.1, 0.15) is 5.56 Å². The molecule has 0 aliphatic rings. The van der Waals surface area contributed by atoms with E-state index in [1.165, 1.54) is 0 Å². The highest BCUT2D eigenvalue weighted by molar-refractivity contribution is 9.11. The molecule has 98 valence electrons. The Kier molecular flexibility index (Phi) is 4.96. The number of hydrogen-bond acceptors (Lipinski definition) is 2. The molecule has 0 unspecified atom stereocenters. The van der Waals surface area contributed by atoms with Gasteiger partial charge in [-0.05, 0) is 45.8 Å². The molecule has 2 aromatic rings. The van der Waals surface area contributed by atoms with Crippen molar-refractivity contribution in [3.8, 4) is 0 Å². The van der Waals surface area contributed by atoms with Gasteiger partial charge in [0.05, 0.1) is 12.1 Å². The van der Waals surface area contributed by atoms with Crippen molar-refractivity contribution in [2.75, 3.05) is 5.32 Å². The molecule has 1 aromatic heterocycles. The molecule has 0 bridgehead atoms. The van der Waals surface area contributed by atoms with Gasteiger partial charge in [-0.2, -0.15) is 0 Å². The first-order valence-electron chi connectivity index (χ1n) is 5.40. The molecule has 0 aliphatic carbocycles. The van der Waals surface area contributed by atoms with Crippen LogP contribution in [0, 0.1) is 0 Å². The fourth-order valence-electron chi connectivity index (χ4n) is 1.48. The molecule has 3 nitrogen and oxygen atoms in total. The quantitative estimate of drug-likeness (QED) is 0.769. The number of aromatic nitrogens is 1. The molecule has 1 heterocycles. The van der Waals surface area contributed by atoms with Crippen molar-refractivity contribution < 1.29 is 4.79 Å². The number of carbonyl (C=O) groups is 1. The summed E-state index contributed by atoms with van der Waals surface area (Å²) in [4.78, 5) is 15.9. The van der Waals surface area contributed by atoms with Crippen molar-refractivity contribution in [2.24, 2.45) is 0 Å². The van der Waals surface area contributed by atoms with E-state index in [-0.39, 0.29) is 12.3 Å². The van der Waals surface area contributed by atoms with Gasteiger partial charge < -0.3 is 5.32 Å². The van der Waals surface area contributed by atoms with Crippen LogP contribution in [0.15, 0.2) is 45.5 Å². The number of pyridine rings is 1. The highest BCUT2D eigenvalue weighted by Crippen LogP contribution is 2.26. The lowest BCUT2D eigenvalue weighted by molar-refractivity contribution is -0.115. The lowest BCUT2D eigenvalue weighted by Crippen LogP contribution is -2.14. The van der Waals surface area contributed by atoms with Crippen LogP contribution >= 0.6 is 43.5 Å². The number of halogens is 3. The van der Waals surface area contributed by atoms with Gasteiger partial charge in [-0.25, -0.2) is 4.98 Å². The van der Waals surface area contributed by atoms with Crippen LogP contribution in [-0.4, -0.2) is 10.9 Å². The number of nitrogens with zero attached hydrogens (tertiary/aromatic N) is 1. The van der Waals surface area contributed by atoms with Crippen LogP contribution in [0.5, 0.6) is 0 Å². The van der Waals surface area contributed by atoms with Crippen molar-refractivity contribution in [3.63, 3.8) is 0 Å². The zero-order valence-corrected chi connectivity index (χ0v) is 13.6. The summed E-state index contributed by atoms with van der Waals surface area (Å²) in [5.74, 6) is -0.108. The first kappa shape index (κ1) is 14.5. The molecule has 2 rings (SSSR count). The molecule has 6 heteroatoms. The molecule has 1 aromatic carbocycles. The molecule has 0 saturated carbocycles. The lowest BCUT2D eigenvalue weighted by atomic mass is 10.2. The molecular formula is C13H9Br2ClN2O. The van der Waals surface area contributed by atoms with E-state index in [1.807, 2.05) is 18.2 Å². The van der Waals surface area contributed by atoms with Crippen LogP contribution in [0.4, 0.5) is 5.69 Å². The molecule has 0 atom stereocenters. The smallest absolute Gasteiger partial charge is 0.228 e. The van der Waals surface area contributed by atoms with Crippen molar-refractivity contribution in [2.45, 2.75) is 6.42 Å². The molecule has 0 saturated heterocycles. The average molecular weight is 404 g/mol. The summed E-state index contributed by atoms with van der Waals surface area (Å²) in [5.41, 5.74) is 1.54. The second-order valence-corrected chi connectivity index (χ2v) is 6.00. The third-order valence-electron chi connectivity index (χ3n) is 2.36. The van der Waals surface area contributed by atoms with Crippen LogP contribution in [0.25, 0.3) is 0 Å². The summed E-state index contributed by atoms with van der Waals surface area (Å²) < 4.78 is 1.73. The first-order valence-corrected chi connectivity index (χ1v) is 7.36. The van der Waals surface area contributed by atoms with E-state index < -0.39 is 0 Å². The number of hydrogen-bond donors (Lipinski definition) is 1. The third-order valence-corrected chi connectivity index (χ3v) is 3.76. The van der Waals surface area contributed by atoms with Crippen molar-refractivity contribution in [1.29, 1.82) is 0 Å². The van der Waals surface area contributed by atoms with Gasteiger partial charge in [-0.1, -0.05) is 33.6 Å². The van der Waals surface area contributed by atoms with Crippen LogP contribution in [0.2, 0.25) is 5.15 Å². The maximum Gasteiger partial charge on any atom is 0.228 e. The van der Waals surface area contributed by atoms with Gasteiger partial charge in [0.15, 0.2) is 0 Å². The monoisotopic (exact) mass is 402 g/mol. The minimum Gasteiger partial charge on any atom is -0.325 e. The summed E-state index contributed by atoms with van der Waals surface area (Å²) in [6.45, 7) is 0. The Morgan fingerprint density at radius 2 is 2.05 bits per heavy atom. The molecule has 0 spiro atoms. The van der Waals surface area contributed by atoms with Crippen molar-refractivity contribution in [1.82, 2.24) is 4.98 Å². The van der Waals surface area contributed by atoms with Gasteiger partial charge in [0.2, 0.25) is 5.91 Å². The largest absolute Gasteiger partial charge is 0.325 e. The minimum absolute atomic E-state index is 0.108. The zero-order valence-electron chi connectivity index (χ0n) is 9.66. The van der Waals surface area contributed by atoms with Crippen LogP contribution < -0.4 is 5.32 Å². The normalized spacial score (nSPS) is 10.3. The number of carbonyl (C=O) groups excluding carboxylic acids is 1. The van der Waals surface area contributed by atoms with Gasteiger partial charge >= 0.3 is 0 Å². The maximum absolute atomic E-state index is 11.9. The Labute approximate surface area is 132 Å². The van der Waals surface area contributed by atoms with Gasteiger partial charge in [-0.15, -0.1) is 0 Å². The van der Waals surface area contributed by atoms with Gasteiger partial charge in [0, 0.05) is 15.1 Å². The highest BCUT2D eigenvalue weighted by Gasteiger charge is 2.07.